The zero-order valence-electron chi connectivity index (χ0n) is 11.1. The molecule has 2 N–H and O–H groups in total. The van der Waals surface area contributed by atoms with E-state index in [9.17, 15) is 4.79 Å². The number of hydrogen-bond acceptors (Lipinski definition) is 4. The third-order valence-corrected chi connectivity index (χ3v) is 3.67. The monoisotopic (exact) mass is 256 g/mol. The van der Waals surface area contributed by atoms with Crippen LogP contribution in [0.4, 0.5) is 0 Å². The normalized spacial score (nSPS) is 30.4. The maximum atomic E-state index is 12.2. The Morgan fingerprint density at radius 1 is 1.50 bits per heavy atom. The molecule has 0 spiro atoms. The molecule has 0 bridgehead atoms. The fourth-order valence-electron chi connectivity index (χ4n) is 2.57. The van der Waals surface area contributed by atoms with E-state index in [0.29, 0.717) is 13.2 Å². The molecule has 5 heteroatoms. The van der Waals surface area contributed by atoms with Gasteiger partial charge in [-0.1, -0.05) is 0 Å². The van der Waals surface area contributed by atoms with E-state index >= 15 is 0 Å². The highest BCUT2D eigenvalue weighted by molar-refractivity contribution is 5.80. The lowest BCUT2D eigenvalue weighted by atomic mass is 10.1. The molecule has 2 saturated heterocycles. The molecule has 2 rings (SSSR count). The zero-order valence-corrected chi connectivity index (χ0v) is 11.1. The second-order valence-corrected chi connectivity index (χ2v) is 5.30. The van der Waals surface area contributed by atoms with Gasteiger partial charge in [0.05, 0.1) is 12.7 Å². The standard InChI is InChI=1S/C13H24N2O3/c1-10(18-9-12-5-3-7-17-12)13(16)15-6-2-4-11(14)8-15/h10-12H,2-9,14H2,1H3. The van der Waals surface area contributed by atoms with Crippen LogP contribution in [0.2, 0.25) is 0 Å². The molecule has 3 unspecified atom stereocenters. The second-order valence-electron chi connectivity index (χ2n) is 5.30. The van der Waals surface area contributed by atoms with Gasteiger partial charge in [-0.15, -0.1) is 0 Å². The Morgan fingerprint density at radius 2 is 2.33 bits per heavy atom. The van der Waals surface area contributed by atoms with Crippen molar-refractivity contribution in [1.82, 2.24) is 4.90 Å². The molecule has 0 aromatic rings. The van der Waals surface area contributed by atoms with Gasteiger partial charge in [0, 0.05) is 25.7 Å². The molecule has 104 valence electrons. The quantitative estimate of drug-likeness (QED) is 0.796. The van der Waals surface area contributed by atoms with E-state index in [-0.39, 0.29) is 24.2 Å². The van der Waals surface area contributed by atoms with Crippen LogP contribution in [0.1, 0.15) is 32.6 Å². The summed E-state index contributed by atoms with van der Waals surface area (Å²) in [5.74, 6) is 0.0585. The smallest absolute Gasteiger partial charge is 0.251 e. The zero-order chi connectivity index (χ0) is 13.0. The highest BCUT2D eigenvalue weighted by Gasteiger charge is 2.26. The van der Waals surface area contributed by atoms with E-state index in [1.165, 1.54) is 0 Å². The Labute approximate surface area is 109 Å². The number of rotatable bonds is 4. The van der Waals surface area contributed by atoms with Crippen LogP contribution in [-0.4, -0.2) is 55.4 Å². The Balaban J connectivity index is 1.73. The van der Waals surface area contributed by atoms with Gasteiger partial charge in [0.25, 0.3) is 5.91 Å². The molecule has 1 amide bonds. The van der Waals surface area contributed by atoms with Crippen molar-refractivity contribution in [2.45, 2.75) is 50.9 Å². The number of nitrogens with zero attached hydrogens (tertiary/aromatic N) is 1. The van der Waals surface area contributed by atoms with Gasteiger partial charge in [-0.3, -0.25) is 4.79 Å². The van der Waals surface area contributed by atoms with Crippen LogP contribution in [0.5, 0.6) is 0 Å². The first-order valence-corrected chi connectivity index (χ1v) is 6.94. The molecule has 2 aliphatic rings. The van der Waals surface area contributed by atoms with Gasteiger partial charge in [-0.2, -0.15) is 0 Å². The average Bonchev–Trinajstić information content (AvgIpc) is 2.88. The minimum Gasteiger partial charge on any atom is -0.376 e. The minimum absolute atomic E-state index is 0.0585. The molecule has 0 aliphatic carbocycles. The summed E-state index contributed by atoms with van der Waals surface area (Å²) in [5.41, 5.74) is 5.88. The topological polar surface area (TPSA) is 64.8 Å². The van der Waals surface area contributed by atoms with Crippen molar-refractivity contribution in [3.05, 3.63) is 0 Å². The lowest BCUT2D eigenvalue weighted by molar-refractivity contribution is -0.145. The van der Waals surface area contributed by atoms with Gasteiger partial charge < -0.3 is 20.1 Å². The lowest BCUT2D eigenvalue weighted by Crippen LogP contribution is -2.49. The molecule has 2 heterocycles. The Hall–Kier alpha value is -0.650. The first kappa shape index (κ1) is 13.8. The van der Waals surface area contributed by atoms with Gasteiger partial charge in [-0.05, 0) is 32.6 Å². The average molecular weight is 256 g/mol. The summed E-state index contributed by atoms with van der Waals surface area (Å²) in [6, 6.07) is 0.119. The van der Waals surface area contributed by atoms with Crippen LogP contribution < -0.4 is 5.73 Å². The van der Waals surface area contributed by atoms with Crippen molar-refractivity contribution >= 4 is 5.91 Å². The summed E-state index contributed by atoms with van der Waals surface area (Å²) in [5, 5.41) is 0. The second kappa shape index (κ2) is 6.50. The third kappa shape index (κ3) is 3.67. The van der Waals surface area contributed by atoms with Crippen molar-refractivity contribution in [2.24, 2.45) is 5.73 Å². The largest absolute Gasteiger partial charge is 0.376 e. The van der Waals surface area contributed by atoms with Crippen LogP contribution in [0.25, 0.3) is 0 Å². The van der Waals surface area contributed by atoms with Gasteiger partial charge in [0.1, 0.15) is 6.10 Å². The number of piperidine rings is 1. The van der Waals surface area contributed by atoms with Crippen LogP contribution >= 0.6 is 0 Å². The van der Waals surface area contributed by atoms with E-state index in [1.54, 1.807) is 0 Å². The third-order valence-electron chi connectivity index (χ3n) is 3.67. The molecule has 0 saturated carbocycles. The van der Waals surface area contributed by atoms with E-state index in [1.807, 2.05) is 11.8 Å². The summed E-state index contributed by atoms with van der Waals surface area (Å²) < 4.78 is 11.1. The van der Waals surface area contributed by atoms with Gasteiger partial charge >= 0.3 is 0 Å². The Morgan fingerprint density at radius 3 is 3.00 bits per heavy atom. The summed E-state index contributed by atoms with van der Waals surface area (Å²) >= 11 is 0. The Bertz CT molecular complexity index is 279. The number of hydrogen-bond donors (Lipinski definition) is 1. The van der Waals surface area contributed by atoms with Crippen molar-refractivity contribution in [1.29, 1.82) is 0 Å². The molecular formula is C13H24N2O3. The molecule has 0 radical (unpaired) electrons. The SMILES string of the molecule is CC(OCC1CCCO1)C(=O)N1CCCC(N)C1. The van der Waals surface area contributed by atoms with Crippen LogP contribution in [-0.2, 0) is 14.3 Å². The van der Waals surface area contributed by atoms with Gasteiger partial charge in [0.2, 0.25) is 0 Å². The highest BCUT2D eigenvalue weighted by atomic mass is 16.5. The number of amides is 1. The number of carbonyl (C=O) groups excluding carboxylic acids is 1. The molecule has 18 heavy (non-hydrogen) atoms. The highest BCUT2D eigenvalue weighted by Crippen LogP contribution is 2.14. The van der Waals surface area contributed by atoms with E-state index in [4.69, 9.17) is 15.2 Å². The van der Waals surface area contributed by atoms with Gasteiger partial charge in [0.15, 0.2) is 0 Å². The van der Waals surface area contributed by atoms with Crippen LogP contribution in [0, 0.1) is 0 Å². The number of likely N-dealkylation sites (tertiary alicyclic amines) is 1. The Kier molecular flexibility index (Phi) is 4.97. The van der Waals surface area contributed by atoms with Gasteiger partial charge in [-0.25, -0.2) is 0 Å². The molecular weight excluding hydrogens is 232 g/mol. The van der Waals surface area contributed by atoms with Crippen molar-refractivity contribution in [2.75, 3.05) is 26.3 Å². The number of ether oxygens (including phenoxy) is 2. The van der Waals surface area contributed by atoms with Crippen LogP contribution in [0.3, 0.4) is 0 Å². The first-order chi connectivity index (χ1) is 8.66. The van der Waals surface area contributed by atoms with E-state index in [2.05, 4.69) is 0 Å². The number of carbonyl (C=O) groups is 1. The van der Waals surface area contributed by atoms with E-state index < -0.39 is 0 Å². The van der Waals surface area contributed by atoms with Crippen molar-refractivity contribution < 1.29 is 14.3 Å². The predicted molar refractivity (Wildman–Crippen MR) is 68.2 cm³/mol. The molecule has 0 aromatic carbocycles. The molecule has 2 aliphatic heterocycles. The number of nitrogens with two attached hydrogens (primary N) is 1. The summed E-state index contributed by atoms with van der Waals surface area (Å²) in [6.07, 6.45) is 3.91. The summed E-state index contributed by atoms with van der Waals surface area (Å²) in [4.78, 5) is 14.0. The maximum Gasteiger partial charge on any atom is 0.251 e. The van der Waals surface area contributed by atoms with Crippen LogP contribution in [0.15, 0.2) is 0 Å². The predicted octanol–water partition coefficient (Wildman–Crippen LogP) is 0.520. The van der Waals surface area contributed by atoms with E-state index in [0.717, 1.165) is 38.8 Å². The fourth-order valence-corrected chi connectivity index (χ4v) is 2.57. The summed E-state index contributed by atoms with van der Waals surface area (Å²) in [6.45, 7) is 4.62. The minimum atomic E-state index is -0.389. The molecule has 3 atom stereocenters. The summed E-state index contributed by atoms with van der Waals surface area (Å²) in [7, 11) is 0. The molecule has 2 fully saturated rings. The lowest BCUT2D eigenvalue weighted by Gasteiger charge is -2.32. The first-order valence-electron chi connectivity index (χ1n) is 6.94. The van der Waals surface area contributed by atoms with Crippen molar-refractivity contribution in [3.63, 3.8) is 0 Å². The molecule has 5 nitrogen and oxygen atoms in total. The fraction of sp³-hybridized carbons (Fsp3) is 0.923. The maximum absolute atomic E-state index is 12.2. The molecule has 0 aromatic heterocycles. The van der Waals surface area contributed by atoms with Crippen molar-refractivity contribution in [3.8, 4) is 0 Å².